The highest BCUT2D eigenvalue weighted by Crippen LogP contribution is 2.24. The molecule has 0 spiro atoms. The molecule has 0 aliphatic carbocycles. The van der Waals surface area contributed by atoms with Crippen molar-refractivity contribution in [2.45, 2.75) is 57.8 Å². The molecule has 1 unspecified atom stereocenters. The van der Waals surface area contributed by atoms with E-state index in [2.05, 4.69) is 13.0 Å². The van der Waals surface area contributed by atoms with E-state index in [1.807, 2.05) is 24.3 Å². The predicted molar refractivity (Wildman–Crippen MR) is 79.3 cm³/mol. The number of hydrogen-bond acceptors (Lipinski definition) is 2. The quantitative estimate of drug-likeness (QED) is 0.581. The maximum atomic E-state index is 9.27. The number of rotatable bonds is 9. The number of unbranched alkanes of at least 4 members (excludes halogenated alkanes) is 5. The lowest BCUT2D eigenvalue weighted by atomic mass is 9.94. The topological polar surface area (TPSA) is 33.0 Å². The van der Waals surface area contributed by atoms with E-state index in [-0.39, 0.29) is 5.92 Å². The lowest BCUT2D eigenvalue weighted by Crippen LogP contribution is -1.96. The molecule has 0 heterocycles. The Hall–Kier alpha value is -1.49. The van der Waals surface area contributed by atoms with Gasteiger partial charge in [0.2, 0.25) is 0 Å². The van der Waals surface area contributed by atoms with Gasteiger partial charge in [-0.25, -0.2) is 0 Å². The zero-order valence-electron chi connectivity index (χ0n) is 12.2. The normalized spacial score (nSPS) is 11.8. The summed E-state index contributed by atoms with van der Waals surface area (Å²) in [5.74, 6) is 0.872. The van der Waals surface area contributed by atoms with Gasteiger partial charge in [0, 0.05) is 0 Å². The van der Waals surface area contributed by atoms with Crippen LogP contribution in [0.3, 0.4) is 0 Å². The van der Waals surface area contributed by atoms with Gasteiger partial charge in [-0.3, -0.25) is 0 Å². The Morgan fingerprint density at radius 1 is 1.05 bits per heavy atom. The van der Waals surface area contributed by atoms with Crippen LogP contribution in [0.2, 0.25) is 0 Å². The van der Waals surface area contributed by atoms with Crippen LogP contribution < -0.4 is 4.74 Å². The molecule has 0 radical (unpaired) electrons. The summed E-state index contributed by atoms with van der Waals surface area (Å²) in [6.07, 6.45) is 8.61. The first-order chi connectivity index (χ1) is 9.31. The molecule has 1 rings (SSSR count). The first kappa shape index (κ1) is 15.6. The van der Waals surface area contributed by atoms with Crippen LogP contribution in [-0.4, -0.2) is 7.11 Å². The minimum absolute atomic E-state index is 0.0251. The molecule has 0 bridgehead atoms. The van der Waals surface area contributed by atoms with Crippen LogP contribution in [0.15, 0.2) is 24.3 Å². The van der Waals surface area contributed by atoms with Crippen LogP contribution in [0.4, 0.5) is 0 Å². The summed E-state index contributed by atoms with van der Waals surface area (Å²) in [5, 5.41) is 9.27. The molecule has 0 aromatic heterocycles. The summed E-state index contributed by atoms with van der Waals surface area (Å²) >= 11 is 0. The van der Waals surface area contributed by atoms with Crippen molar-refractivity contribution in [1.29, 1.82) is 5.26 Å². The fourth-order valence-electron chi connectivity index (χ4n) is 2.27. The summed E-state index contributed by atoms with van der Waals surface area (Å²) in [7, 11) is 1.66. The smallest absolute Gasteiger partial charge is 0.118 e. The van der Waals surface area contributed by atoms with Crippen molar-refractivity contribution in [2.24, 2.45) is 0 Å². The van der Waals surface area contributed by atoms with Crippen LogP contribution in [-0.2, 0) is 0 Å². The number of methoxy groups -OCH3 is 1. The van der Waals surface area contributed by atoms with Crippen LogP contribution in [0, 0.1) is 11.3 Å². The highest BCUT2D eigenvalue weighted by Gasteiger charge is 2.10. The fourth-order valence-corrected chi connectivity index (χ4v) is 2.27. The summed E-state index contributed by atoms with van der Waals surface area (Å²) in [5.41, 5.74) is 1.11. The fraction of sp³-hybridized carbons (Fsp3) is 0.588. The van der Waals surface area contributed by atoms with Crippen molar-refractivity contribution in [3.05, 3.63) is 29.8 Å². The average Bonchev–Trinajstić information content (AvgIpc) is 2.47. The Bertz CT molecular complexity index is 377. The van der Waals surface area contributed by atoms with E-state index in [1.165, 1.54) is 32.1 Å². The lowest BCUT2D eigenvalue weighted by molar-refractivity contribution is 0.414. The molecule has 0 aliphatic rings. The molecule has 1 atom stereocenters. The molecule has 0 N–H and O–H groups in total. The van der Waals surface area contributed by atoms with Crippen LogP contribution in [0.5, 0.6) is 5.75 Å². The van der Waals surface area contributed by atoms with Gasteiger partial charge < -0.3 is 4.74 Å². The van der Waals surface area contributed by atoms with E-state index in [4.69, 9.17) is 4.74 Å². The maximum absolute atomic E-state index is 9.27. The standard InChI is InChI=1S/C17H25NO/c1-3-4-5-6-7-8-9-16(14-18)15-10-12-17(19-2)13-11-15/h10-13,16H,3-9H2,1-2H3. The highest BCUT2D eigenvalue weighted by molar-refractivity contribution is 5.31. The SMILES string of the molecule is CCCCCCCCC(C#N)c1ccc(OC)cc1. The first-order valence-electron chi connectivity index (χ1n) is 7.35. The molecular formula is C17H25NO. The van der Waals surface area contributed by atoms with Crippen molar-refractivity contribution in [3.8, 4) is 11.8 Å². The third-order valence-electron chi connectivity index (χ3n) is 3.52. The average molecular weight is 259 g/mol. The van der Waals surface area contributed by atoms with Crippen molar-refractivity contribution < 1.29 is 4.74 Å². The zero-order valence-corrected chi connectivity index (χ0v) is 12.2. The molecule has 19 heavy (non-hydrogen) atoms. The molecule has 104 valence electrons. The van der Waals surface area contributed by atoms with Gasteiger partial charge in [-0.1, -0.05) is 57.6 Å². The van der Waals surface area contributed by atoms with Gasteiger partial charge >= 0.3 is 0 Å². The number of ether oxygens (including phenoxy) is 1. The molecule has 0 saturated carbocycles. The second-order valence-electron chi connectivity index (χ2n) is 5.01. The molecule has 1 aromatic rings. The Balaban J connectivity index is 2.34. The summed E-state index contributed by atoms with van der Waals surface area (Å²) in [4.78, 5) is 0. The molecule has 0 aliphatic heterocycles. The van der Waals surface area contributed by atoms with E-state index >= 15 is 0 Å². The van der Waals surface area contributed by atoms with Gasteiger partial charge in [-0.2, -0.15) is 5.26 Å². The van der Waals surface area contributed by atoms with E-state index in [0.29, 0.717) is 0 Å². The lowest BCUT2D eigenvalue weighted by Gasteiger charge is -2.10. The maximum Gasteiger partial charge on any atom is 0.118 e. The van der Waals surface area contributed by atoms with E-state index in [0.717, 1.165) is 24.2 Å². The molecule has 0 saturated heterocycles. The third kappa shape index (κ3) is 5.79. The van der Waals surface area contributed by atoms with Gasteiger partial charge in [0.1, 0.15) is 5.75 Å². The van der Waals surface area contributed by atoms with Gasteiger partial charge in [-0.05, 0) is 24.1 Å². The van der Waals surface area contributed by atoms with Crippen LogP contribution in [0.1, 0.15) is 63.4 Å². The highest BCUT2D eigenvalue weighted by atomic mass is 16.5. The van der Waals surface area contributed by atoms with Crippen molar-refractivity contribution in [2.75, 3.05) is 7.11 Å². The van der Waals surface area contributed by atoms with Crippen molar-refractivity contribution in [1.82, 2.24) is 0 Å². The molecule has 1 aromatic carbocycles. The molecule has 2 heteroatoms. The number of nitrogens with zero attached hydrogens (tertiary/aromatic N) is 1. The molecule has 0 fully saturated rings. The monoisotopic (exact) mass is 259 g/mol. The first-order valence-corrected chi connectivity index (χ1v) is 7.35. The van der Waals surface area contributed by atoms with Crippen LogP contribution in [0.25, 0.3) is 0 Å². The predicted octanol–water partition coefficient (Wildman–Crippen LogP) is 5.05. The largest absolute Gasteiger partial charge is 0.497 e. The van der Waals surface area contributed by atoms with Crippen molar-refractivity contribution in [3.63, 3.8) is 0 Å². The van der Waals surface area contributed by atoms with Gasteiger partial charge in [0.15, 0.2) is 0 Å². The molecule has 0 amide bonds. The Morgan fingerprint density at radius 3 is 2.26 bits per heavy atom. The number of nitriles is 1. The van der Waals surface area contributed by atoms with Crippen LogP contribution >= 0.6 is 0 Å². The Morgan fingerprint density at radius 2 is 1.68 bits per heavy atom. The minimum Gasteiger partial charge on any atom is -0.497 e. The van der Waals surface area contributed by atoms with E-state index in [9.17, 15) is 5.26 Å². The summed E-state index contributed by atoms with van der Waals surface area (Å²) < 4.78 is 5.14. The molecular weight excluding hydrogens is 234 g/mol. The Labute approximate surface area is 117 Å². The van der Waals surface area contributed by atoms with Gasteiger partial charge in [0.05, 0.1) is 19.1 Å². The minimum atomic E-state index is 0.0251. The molecule has 2 nitrogen and oxygen atoms in total. The second kappa shape index (κ2) is 9.44. The second-order valence-corrected chi connectivity index (χ2v) is 5.01. The number of hydrogen-bond donors (Lipinski definition) is 0. The Kier molecular flexibility index (Phi) is 7.74. The summed E-state index contributed by atoms with van der Waals surface area (Å²) in [6.45, 7) is 2.23. The van der Waals surface area contributed by atoms with Gasteiger partial charge in [0.25, 0.3) is 0 Å². The van der Waals surface area contributed by atoms with E-state index < -0.39 is 0 Å². The van der Waals surface area contributed by atoms with Gasteiger partial charge in [-0.15, -0.1) is 0 Å². The summed E-state index contributed by atoms with van der Waals surface area (Å²) in [6, 6.07) is 10.3. The van der Waals surface area contributed by atoms with Crippen molar-refractivity contribution >= 4 is 0 Å². The third-order valence-corrected chi connectivity index (χ3v) is 3.52. The van der Waals surface area contributed by atoms with E-state index in [1.54, 1.807) is 7.11 Å². The zero-order chi connectivity index (χ0) is 13.9. The number of benzene rings is 1.